The molecule has 3 unspecified atom stereocenters. The van der Waals surface area contributed by atoms with Crippen molar-refractivity contribution in [3.8, 4) is 0 Å². The van der Waals surface area contributed by atoms with Gasteiger partial charge in [0.15, 0.2) is 0 Å². The van der Waals surface area contributed by atoms with E-state index in [1.807, 2.05) is 0 Å². The van der Waals surface area contributed by atoms with Gasteiger partial charge in [-0.05, 0) is 23.7 Å². The molecule has 0 bridgehead atoms. The summed E-state index contributed by atoms with van der Waals surface area (Å²) in [6.07, 6.45) is 2.63. The topological polar surface area (TPSA) is 0 Å². The van der Waals surface area contributed by atoms with Crippen molar-refractivity contribution in [1.82, 2.24) is 0 Å². The van der Waals surface area contributed by atoms with Gasteiger partial charge in [-0.25, -0.2) is 0 Å². The van der Waals surface area contributed by atoms with Gasteiger partial charge in [0.05, 0.1) is 0 Å². The van der Waals surface area contributed by atoms with Crippen LogP contribution in [0.15, 0.2) is 0 Å². The van der Waals surface area contributed by atoms with E-state index < -0.39 is 0 Å². The zero-order valence-corrected chi connectivity index (χ0v) is 9.43. The van der Waals surface area contributed by atoms with Gasteiger partial charge in [0.25, 0.3) is 0 Å². The van der Waals surface area contributed by atoms with Gasteiger partial charge in [0, 0.05) is 0 Å². The highest BCUT2D eigenvalue weighted by atomic mass is 14.3. The SMILES string of the molecule is [CH2]C(C)C(C)C(C)C(CC)CC. The zero-order chi connectivity index (χ0) is 9.72. The Morgan fingerprint density at radius 3 is 1.58 bits per heavy atom. The summed E-state index contributed by atoms with van der Waals surface area (Å²) in [5, 5.41) is 0. The summed E-state index contributed by atoms with van der Waals surface area (Å²) in [6, 6.07) is 0. The average molecular weight is 169 g/mol. The van der Waals surface area contributed by atoms with Gasteiger partial charge in [0.2, 0.25) is 0 Å². The summed E-state index contributed by atoms with van der Waals surface area (Å²) in [5.41, 5.74) is 0. The van der Waals surface area contributed by atoms with Crippen molar-refractivity contribution in [1.29, 1.82) is 0 Å². The molecule has 0 aromatic rings. The van der Waals surface area contributed by atoms with Crippen LogP contribution in [0, 0.1) is 30.6 Å². The Balaban J connectivity index is 4.05. The minimum absolute atomic E-state index is 0.584. The lowest BCUT2D eigenvalue weighted by Gasteiger charge is -2.29. The van der Waals surface area contributed by atoms with Crippen LogP contribution in [0.4, 0.5) is 0 Å². The maximum Gasteiger partial charge on any atom is -0.0386 e. The van der Waals surface area contributed by atoms with Crippen LogP contribution in [-0.2, 0) is 0 Å². The molecule has 0 saturated carbocycles. The van der Waals surface area contributed by atoms with Crippen LogP contribution in [0.3, 0.4) is 0 Å². The fourth-order valence-corrected chi connectivity index (χ4v) is 1.98. The lowest BCUT2D eigenvalue weighted by Crippen LogP contribution is -2.21. The van der Waals surface area contributed by atoms with E-state index in [1.54, 1.807) is 0 Å². The largest absolute Gasteiger partial charge is 0.0651 e. The van der Waals surface area contributed by atoms with Crippen LogP contribution < -0.4 is 0 Å². The zero-order valence-electron chi connectivity index (χ0n) is 9.43. The predicted octanol–water partition coefficient (Wildman–Crippen LogP) is 4.16. The lowest BCUT2D eigenvalue weighted by atomic mass is 9.76. The first-order valence-corrected chi connectivity index (χ1v) is 5.37. The molecule has 0 rings (SSSR count). The Kier molecular flexibility index (Phi) is 5.61. The fraction of sp³-hybridized carbons (Fsp3) is 0.917. The van der Waals surface area contributed by atoms with E-state index in [0.717, 1.165) is 17.8 Å². The number of hydrogen-bond donors (Lipinski definition) is 0. The first-order chi connectivity index (χ1) is 5.54. The van der Waals surface area contributed by atoms with Crippen LogP contribution in [0.25, 0.3) is 0 Å². The molecular weight excluding hydrogens is 144 g/mol. The quantitative estimate of drug-likeness (QED) is 0.579. The maximum atomic E-state index is 4.11. The predicted molar refractivity (Wildman–Crippen MR) is 56.9 cm³/mol. The summed E-state index contributed by atoms with van der Waals surface area (Å²) < 4.78 is 0. The Hall–Kier alpha value is 0. The van der Waals surface area contributed by atoms with Gasteiger partial charge < -0.3 is 0 Å². The van der Waals surface area contributed by atoms with Crippen molar-refractivity contribution in [3.05, 3.63) is 6.92 Å². The maximum absolute atomic E-state index is 4.11. The molecule has 0 N–H and O–H groups in total. The van der Waals surface area contributed by atoms with Gasteiger partial charge >= 0.3 is 0 Å². The normalized spacial score (nSPS) is 17.0. The van der Waals surface area contributed by atoms with Gasteiger partial charge in [-0.15, -0.1) is 0 Å². The third-order valence-corrected chi connectivity index (χ3v) is 3.52. The molecule has 0 aromatic heterocycles. The second-order valence-corrected chi connectivity index (χ2v) is 4.27. The van der Waals surface area contributed by atoms with E-state index in [9.17, 15) is 0 Å². The minimum atomic E-state index is 0.584. The Bertz CT molecular complexity index is 98.6. The molecule has 0 aromatic carbocycles. The summed E-state index contributed by atoms with van der Waals surface area (Å²) in [7, 11) is 0. The first kappa shape index (κ1) is 12.0. The van der Waals surface area contributed by atoms with E-state index in [-0.39, 0.29) is 0 Å². The summed E-state index contributed by atoms with van der Waals surface area (Å²) in [5.74, 6) is 3.06. The molecule has 0 saturated heterocycles. The van der Waals surface area contributed by atoms with E-state index >= 15 is 0 Å². The molecule has 0 spiro atoms. The molecule has 0 nitrogen and oxygen atoms in total. The Labute approximate surface area is 78.8 Å². The lowest BCUT2D eigenvalue weighted by molar-refractivity contribution is 0.213. The summed E-state index contributed by atoms with van der Waals surface area (Å²) in [4.78, 5) is 0. The third kappa shape index (κ3) is 3.16. The minimum Gasteiger partial charge on any atom is -0.0651 e. The highest BCUT2D eigenvalue weighted by molar-refractivity contribution is 4.74. The van der Waals surface area contributed by atoms with Crippen molar-refractivity contribution in [2.75, 3.05) is 0 Å². The molecule has 1 radical (unpaired) electrons. The van der Waals surface area contributed by atoms with Gasteiger partial charge in [-0.2, -0.15) is 0 Å². The van der Waals surface area contributed by atoms with E-state index in [4.69, 9.17) is 0 Å². The number of hydrogen-bond acceptors (Lipinski definition) is 0. The molecule has 0 amide bonds. The molecule has 3 atom stereocenters. The van der Waals surface area contributed by atoms with E-state index in [1.165, 1.54) is 12.8 Å². The van der Waals surface area contributed by atoms with E-state index in [2.05, 4.69) is 41.5 Å². The van der Waals surface area contributed by atoms with Gasteiger partial charge in [-0.3, -0.25) is 0 Å². The Morgan fingerprint density at radius 1 is 0.917 bits per heavy atom. The fourth-order valence-electron chi connectivity index (χ4n) is 1.98. The molecule has 0 aliphatic heterocycles. The second-order valence-electron chi connectivity index (χ2n) is 4.27. The van der Waals surface area contributed by atoms with Gasteiger partial charge in [-0.1, -0.05) is 54.4 Å². The molecule has 0 heterocycles. The standard InChI is InChI=1S/C12H25/c1-7-12(8-2)11(6)10(5)9(3)4/h9-12H,3,7-8H2,1-2,4-6H3. The number of rotatable bonds is 5. The summed E-state index contributed by atoms with van der Waals surface area (Å²) >= 11 is 0. The van der Waals surface area contributed by atoms with Crippen LogP contribution in [0.2, 0.25) is 0 Å². The first-order valence-electron chi connectivity index (χ1n) is 5.37. The van der Waals surface area contributed by atoms with Crippen LogP contribution in [0.5, 0.6) is 0 Å². The Morgan fingerprint density at radius 2 is 1.33 bits per heavy atom. The van der Waals surface area contributed by atoms with Gasteiger partial charge in [0.1, 0.15) is 0 Å². The van der Waals surface area contributed by atoms with Crippen molar-refractivity contribution >= 4 is 0 Å². The van der Waals surface area contributed by atoms with Crippen molar-refractivity contribution in [2.24, 2.45) is 23.7 Å². The smallest absolute Gasteiger partial charge is 0.0386 e. The molecule has 0 fully saturated rings. The van der Waals surface area contributed by atoms with E-state index in [0.29, 0.717) is 5.92 Å². The third-order valence-electron chi connectivity index (χ3n) is 3.52. The molecule has 73 valence electrons. The van der Waals surface area contributed by atoms with Crippen LogP contribution >= 0.6 is 0 Å². The highest BCUT2D eigenvalue weighted by Gasteiger charge is 2.21. The van der Waals surface area contributed by atoms with Crippen LogP contribution in [0.1, 0.15) is 47.5 Å². The average Bonchev–Trinajstić information content (AvgIpc) is 2.05. The van der Waals surface area contributed by atoms with Crippen LogP contribution in [-0.4, -0.2) is 0 Å². The van der Waals surface area contributed by atoms with Crippen molar-refractivity contribution in [3.63, 3.8) is 0 Å². The van der Waals surface area contributed by atoms with Crippen molar-refractivity contribution < 1.29 is 0 Å². The second kappa shape index (κ2) is 5.61. The molecular formula is C12H25. The highest BCUT2D eigenvalue weighted by Crippen LogP contribution is 2.30. The molecule has 0 aliphatic rings. The summed E-state index contributed by atoms with van der Waals surface area (Å²) in [6.45, 7) is 15.6. The van der Waals surface area contributed by atoms with Crippen molar-refractivity contribution in [2.45, 2.75) is 47.5 Å². The molecule has 12 heavy (non-hydrogen) atoms. The molecule has 0 heteroatoms. The monoisotopic (exact) mass is 169 g/mol. The molecule has 0 aliphatic carbocycles.